The minimum absolute atomic E-state index is 0.0158. The Kier molecular flexibility index (Phi) is 8.55. The topological polar surface area (TPSA) is 104 Å². The molecule has 0 aromatic heterocycles. The minimum Gasteiger partial charge on any atom is -0.491 e. The number of carbonyl (C=O) groups excluding carboxylic acids is 4. The van der Waals surface area contributed by atoms with Gasteiger partial charge in [0, 0.05) is 9.49 Å². The molecular formula is C34H22Cl2F5IN2O6. The number of fused-ring (bicyclic) bond motifs is 4. The van der Waals surface area contributed by atoms with Crippen molar-refractivity contribution in [3.63, 3.8) is 0 Å². The van der Waals surface area contributed by atoms with Crippen molar-refractivity contribution in [3.05, 3.63) is 98.4 Å². The summed E-state index contributed by atoms with van der Waals surface area (Å²) in [4.78, 5) is 52.1. The maximum Gasteiger partial charge on any atom is 0.258 e. The van der Waals surface area contributed by atoms with Crippen LogP contribution in [0.3, 0.4) is 0 Å². The molecule has 7 rings (SSSR count). The number of aliphatic hydroxyl groups is 1. The Bertz CT molecular complexity index is 2010. The third kappa shape index (κ3) is 4.70. The van der Waals surface area contributed by atoms with E-state index in [0.29, 0.717) is 11.3 Å². The van der Waals surface area contributed by atoms with E-state index in [4.69, 9.17) is 33.0 Å². The standard InChI is InChI=1S/C34H22Cl2F5IN2O6/c35-33-13-20-18(9-10-19-21(20)30(47)43(29(19)46)16-5-3-15(42)4-6-16)22(14-1-7-17(8-2-14)50-12-11-45)34(33,36)32(49)44(31(33)48)28-26(40)24(38)23(37)25(39)27(28)41/h1-9,19-22,45H,10-13H2. The lowest BCUT2D eigenvalue weighted by Gasteiger charge is -2.50. The number of hydrogen-bond acceptors (Lipinski definition) is 6. The molecule has 0 spiro atoms. The fourth-order valence-electron chi connectivity index (χ4n) is 7.71. The van der Waals surface area contributed by atoms with Crippen molar-refractivity contribution in [1.82, 2.24) is 0 Å². The van der Waals surface area contributed by atoms with E-state index >= 15 is 8.78 Å². The normalized spacial score (nSPS) is 28.9. The van der Waals surface area contributed by atoms with Crippen LogP contribution in [0.5, 0.6) is 5.75 Å². The van der Waals surface area contributed by atoms with Crippen molar-refractivity contribution in [1.29, 1.82) is 0 Å². The summed E-state index contributed by atoms with van der Waals surface area (Å²) in [5.41, 5.74) is -0.988. The molecule has 260 valence electrons. The summed E-state index contributed by atoms with van der Waals surface area (Å²) in [6.45, 7) is -0.350. The van der Waals surface area contributed by atoms with Crippen molar-refractivity contribution in [2.45, 2.75) is 28.5 Å². The fraction of sp³-hybridized carbons (Fsp3) is 0.294. The van der Waals surface area contributed by atoms with Crippen molar-refractivity contribution in [2.24, 2.45) is 17.8 Å². The summed E-state index contributed by atoms with van der Waals surface area (Å²) in [6, 6.07) is 12.5. The highest BCUT2D eigenvalue weighted by molar-refractivity contribution is 14.1. The second-order valence-corrected chi connectivity index (χ2v) is 14.8. The van der Waals surface area contributed by atoms with Crippen molar-refractivity contribution >= 4 is 80.8 Å². The predicted molar refractivity (Wildman–Crippen MR) is 177 cm³/mol. The summed E-state index contributed by atoms with van der Waals surface area (Å²) >= 11 is 16.3. The number of halogens is 8. The lowest BCUT2D eigenvalue weighted by Crippen LogP contribution is -2.60. The van der Waals surface area contributed by atoms with Gasteiger partial charge in [0.05, 0.1) is 24.1 Å². The number of alkyl halides is 2. The van der Waals surface area contributed by atoms with Crippen molar-refractivity contribution in [2.75, 3.05) is 23.0 Å². The number of carbonyl (C=O) groups is 4. The molecule has 1 saturated carbocycles. The molecule has 2 heterocycles. The SMILES string of the molecule is O=C1C2CC=C3C(CC4(Cl)C(=O)N(c5c(F)c(F)c(F)c(F)c5F)C(=O)C4(Cl)C3c3ccc(OCCO)cc3)C2C(=O)N1c1ccc(I)cc1. The van der Waals surface area contributed by atoms with Crippen LogP contribution in [0.15, 0.2) is 60.2 Å². The van der Waals surface area contributed by atoms with Crippen LogP contribution in [0.1, 0.15) is 24.3 Å². The molecule has 3 aromatic rings. The Morgan fingerprint density at radius 3 is 2.00 bits per heavy atom. The van der Waals surface area contributed by atoms with Crippen molar-refractivity contribution < 1.29 is 51.0 Å². The van der Waals surface area contributed by atoms with Crippen LogP contribution in [0.4, 0.5) is 33.3 Å². The molecular weight excluding hydrogens is 825 g/mol. The fourth-order valence-corrected chi connectivity index (χ4v) is 9.00. The summed E-state index contributed by atoms with van der Waals surface area (Å²) < 4.78 is 79.5. The number of aliphatic hydroxyl groups excluding tert-OH is 1. The molecule has 4 aliphatic rings. The largest absolute Gasteiger partial charge is 0.491 e. The first kappa shape index (κ1) is 34.8. The highest BCUT2D eigenvalue weighted by atomic mass is 127. The highest BCUT2D eigenvalue weighted by Crippen LogP contribution is 2.66. The van der Waals surface area contributed by atoms with Gasteiger partial charge in [0.2, 0.25) is 17.6 Å². The Balaban J connectivity index is 1.40. The van der Waals surface area contributed by atoms with Crippen LogP contribution in [-0.2, 0) is 19.2 Å². The van der Waals surface area contributed by atoms with Gasteiger partial charge >= 0.3 is 0 Å². The Morgan fingerprint density at radius 2 is 1.40 bits per heavy atom. The van der Waals surface area contributed by atoms with E-state index in [9.17, 15) is 32.3 Å². The molecule has 2 saturated heterocycles. The van der Waals surface area contributed by atoms with Gasteiger partial charge in [-0.2, -0.15) is 0 Å². The average molecular weight is 847 g/mol. The molecule has 2 aliphatic heterocycles. The summed E-state index contributed by atoms with van der Waals surface area (Å²) in [5.74, 6) is -20.6. The molecule has 6 atom stereocenters. The molecule has 4 amide bonds. The lowest BCUT2D eigenvalue weighted by molar-refractivity contribution is -0.125. The number of rotatable bonds is 6. The zero-order valence-electron chi connectivity index (χ0n) is 25.2. The first-order valence-electron chi connectivity index (χ1n) is 15.1. The number of amides is 4. The van der Waals surface area contributed by atoms with Crippen LogP contribution in [-0.4, -0.2) is 51.7 Å². The van der Waals surface area contributed by atoms with Gasteiger partial charge in [-0.15, -0.1) is 23.2 Å². The molecule has 3 aromatic carbocycles. The molecule has 0 bridgehead atoms. The van der Waals surface area contributed by atoms with Crippen molar-refractivity contribution in [3.8, 4) is 5.75 Å². The zero-order chi connectivity index (χ0) is 36.0. The van der Waals surface area contributed by atoms with E-state index in [1.165, 1.54) is 24.3 Å². The molecule has 3 fully saturated rings. The number of anilines is 2. The predicted octanol–water partition coefficient (Wildman–Crippen LogP) is 6.13. The van der Waals surface area contributed by atoms with Gasteiger partial charge in [-0.25, -0.2) is 26.9 Å². The molecule has 8 nitrogen and oxygen atoms in total. The minimum atomic E-state index is -2.63. The first-order chi connectivity index (χ1) is 23.7. The lowest BCUT2D eigenvalue weighted by atomic mass is 9.56. The Hall–Kier alpha value is -3.60. The van der Waals surface area contributed by atoms with E-state index in [0.717, 1.165) is 8.47 Å². The summed E-state index contributed by atoms with van der Waals surface area (Å²) in [7, 11) is 0. The van der Waals surface area contributed by atoms with Crippen LogP contribution < -0.4 is 14.5 Å². The maximum atomic E-state index is 15.2. The Morgan fingerprint density at radius 1 is 0.800 bits per heavy atom. The van der Waals surface area contributed by atoms with Crippen LogP contribution in [0, 0.1) is 50.4 Å². The Labute approximate surface area is 303 Å². The maximum absolute atomic E-state index is 15.2. The van der Waals surface area contributed by atoms with E-state index in [-0.39, 0.29) is 35.8 Å². The average Bonchev–Trinajstić information content (AvgIpc) is 3.44. The number of hydrogen-bond donors (Lipinski definition) is 1. The zero-order valence-corrected chi connectivity index (χ0v) is 28.9. The molecule has 16 heteroatoms. The number of imide groups is 2. The molecule has 6 unspecified atom stereocenters. The van der Waals surface area contributed by atoms with Crippen LogP contribution >= 0.6 is 45.8 Å². The quantitative estimate of drug-likeness (QED) is 0.0610. The summed E-state index contributed by atoms with van der Waals surface area (Å²) in [5, 5.41) is 9.15. The second kappa shape index (κ2) is 12.3. The first-order valence-corrected chi connectivity index (χ1v) is 17.0. The van der Waals surface area contributed by atoms with Gasteiger partial charge < -0.3 is 9.84 Å². The van der Waals surface area contributed by atoms with E-state index < -0.39 is 98.2 Å². The number of nitrogens with zero attached hydrogens (tertiary/aromatic N) is 2. The highest BCUT2D eigenvalue weighted by Gasteiger charge is 2.77. The van der Waals surface area contributed by atoms with Gasteiger partial charge in [0.25, 0.3) is 11.8 Å². The van der Waals surface area contributed by atoms with Gasteiger partial charge in [-0.3, -0.25) is 24.1 Å². The van der Waals surface area contributed by atoms with Gasteiger partial charge in [0.1, 0.15) is 18.0 Å². The van der Waals surface area contributed by atoms with Gasteiger partial charge in [-0.05, 0) is 83.3 Å². The molecule has 0 radical (unpaired) electrons. The molecule has 1 N–H and O–H groups in total. The van der Waals surface area contributed by atoms with Crippen LogP contribution in [0.25, 0.3) is 0 Å². The van der Waals surface area contributed by atoms with E-state index in [1.54, 1.807) is 30.3 Å². The number of ether oxygens (including phenoxy) is 1. The molecule has 2 aliphatic carbocycles. The van der Waals surface area contributed by atoms with E-state index in [2.05, 4.69) is 22.6 Å². The third-order valence-corrected chi connectivity index (χ3v) is 12.0. The second-order valence-electron chi connectivity index (χ2n) is 12.3. The number of allylic oxidation sites excluding steroid dienone is 2. The van der Waals surface area contributed by atoms with Gasteiger partial charge in [0.15, 0.2) is 33.0 Å². The van der Waals surface area contributed by atoms with Gasteiger partial charge in [-0.1, -0.05) is 23.8 Å². The number of benzene rings is 3. The van der Waals surface area contributed by atoms with E-state index in [1.807, 2.05) is 0 Å². The molecule has 50 heavy (non-hydrogen) atoms. The third-order valence-electron chi connectivity index (χ3n) is 9.88. The smallest absolute Gasteiger partial charge is 0.258 e. The summed E-state index contributed by atoms with van der Waals surface area (Å²) in [6.07, 6.45) is 1.03. The monoisotopic (exact) mass is 846 g/mol. The van der Waals surface area contributed by atoms with Crippen LogP contribution in [0.2, 0.25) is 0 Å².